The Morgan fingerprint density at radius 3 is 1.11 bits per heavy atom. The topological polar surface area (TPSA) is 6.48 Å². The minimum absolute atomic E-state index is 0.614. The van der Waals surface area contributed by atoms with Gasteiger partial charge in [-0.25, -0.2) is 0 Å². The first-order chi connectivity index (χ1) is 8.75. The Bertz CT molecular complexity index is 262. The van der Waals surface area contributed by atoms with E-state index in [0.717, 1.165) is 0 Å². The summed E-state index contributed by atoms with van der Waals surface area (Å²) < 4.78 is 0. The molecule has 1 rings (SSSR count). The van der Waals surface area contributed by atoms with E-state index < -0.39 is 0 Å². The molecule has 19 heavy (non-hydrogen) atoms. The Morgan fingerprint density at radius 2 is 0.895 bits per heavy atom. The van der Waals surface area contributed by atoms with E-state index >= 15 is 0 Å². The van der Waals surface area contributed by atoms with Gasteiger partial charge in [0.25, 0.3) is 0 Å². The van der Waals surface area contributed by atoms with Gasteiger partial charge < -0.3 is 0 Å². The molecule has 0 N–H and O–H groups in total. The molecular formula is C14H30B2N2Se. The van der Waals surface area contributed by atoms with Gasteiger partial charge in [0.05, 0.1) is 0 Å². The second-order valence-corrected chi connectivity index (χ2v) is 9.17. The van der Waals surface area contributed by atoms with Gasteiger partial charge in [-0.05, 0) is 0 Å². The van der Waals surface area contributed by atoms with Gasteiger partial charge in [0.1, 0.15) is 0 Å². The molecule has 0 saturated carbocycles. The Hall–Kier alpha value is 0.309. The zero-order valence-electron chi connectivity index (χ0n) is 13.9. The molecule has 0 aromatic carbocycles. The van der Waals surface area contributed by atoms with Crippen LogP contribution in [0.2, 0.25) is 0 Å². The fourth-order valence-electron chi connectivity index (χ4n) is 3.13. The van der Waals surface area contributed by atoms with Gasteiger partial charge in [0.15, 0.2) is 0 Å². The molecule has 0 unspecified atom stereocenters. The minimum atomic E-state index is 0.614. The summed E-state index contributed by atoms with van der Waals surface area (Å²) in [6.07, 6.45) is 0. The molecule has 0 amide bonds. The van der Waals surface area contributed by atoms with E-state index in [9.17, 15) is 0 Å². The standard InChI is InChI=1S/C14H30B2N2Se/c1-11(2)17(12(3)4)15-9-10-16(19-15)18(13(5)6)14(7)8/h9-14H,1-8H3. The predicted octanol–water partition coefficient (Wildman–Crippen LogP) is 2.55. The van der Waals surface area contributed by atoms with Gasteiger partial charge in [0.2, 0.25) is 0 Å². The summed E-state index contributed by atoms with van der Waals surface area (Å²) in [5.41, 5.74) is 1.33. The molecule has 0 spiro atoms. The normalized spacial score (nSPS) is 16.5. The number of rotatable bonds is 6. The molecule has 1 heterocycles. The number of hydrogen-bond acceptors (Lipinski definition) is 2. The molecule has 0 atom stereocenters. The van der Waals surface area contributed by atoms with Crippen LogP contribution in [-0.4, -0.2) is 59.7 Å². The summed E-state index contributed by atoms with van der Waals surface area (Å²) in [7, 11) is 0. The van der Waals surface area contributed by atoms with Crippen molar-refractivity contribution in [2.45, 2.75) is 79.6 Å². The first-order valence-corrected chi connectivity index (χ1v) is 9.62. The third kappa shape index (κ3) is 4.39. The van der Waals surface area contributed by atoms with Crippen LogP contribution in [-0.2, 0) is 0 Å². The first kappa shape index (κ1) is 17.4. The average molecular weight is 327 g/mol. The summed E-state index contributed by atoms with van der Waals surface area (Å²) in [5.74, 6) is 4.92. The summed E-state index contributed by atoms with van der Waals surface area (Å²) in [6, 6.07) is 2.51. The van der Waals surface area contributed by atoms with Crippen LogP contribution < -0.4 is 0 Å². The molecule has 0 fully saturated rings. The Morgan fingerprint density at radius 1 is 0.632 bits per heavy atom. The third-order valence-corrected chi connectivity index (χ3v) is 6.54. The quantitative estimate of drug-likeness (QED) is 0.692. The summed E-state index contributed by atoms with van der Waals surface area (Å²) in [6.45, 7) is 18.6. The Balaban J connectivity index is 2.75. The van der Waals surface area contributed by atoms with Crippen molar-refractivity contribution in [3.05, 3.63) is 12.0 Å². The van der Waals surface area contributed by atoms with Crippen LogP contribution in [0.1, 0.15) is 55.4 Å². The van der Waals surface area contributed by atoms with Gasteiger partial charge in [0, 0.05) is 0 Å². The number of hydrogen-bond donors (Lipinski definition) is 0. The van der Waals surface area contributed by atoms with Crippen molar-refractivity contribution in [1.82, 2.24) is 9.62 Å². The van der Waals surface area contributed by atoms with Crippen molar-refractivity contribution < 1.29 is 0 Å². The molecule has 108 valence electrons. The molecule has 0 aromatic heterocycles. The van der Waals surface area contributed by atoms with Crippen molar-refractivity contribution >= 4 is 25.9 Å². The molecule has 5 heteroatoms. The summed E-state index contributed by atoms with van der Waals surface area (Å²) in [5, 5.41) is 0. The maximum absolute atomic E-state index is 2.66. The van der Waals surface area contributed by atoms with Crippen LogP contribution in [0, 0.1) is 0 Å². The molecule has 0 radical (unpaired) electrons. The van der Waals surface area contributed by atoms with Crippen LogP contribution in [0.15, 0.2) is 12.0 Å². The number of nitrogens with zero attached hydrogens (tertiary/aromatic N) is 2. The van der Waals surface area contributed by atoms with E-state index in [4.69, 9.17) is 0 Å². The van der Waals surface area contributed by atoms with Crippen molar-refractivity contribution in [3.8, 4) is 0 Å². The summed E-state index contributed by atoms with van der Waals surface area (Å²) in [4.78, 5) is 5.32. The average Bonchev–Trinajstić information content (AvgIpc) is 2.64. The van der Waals surface area contributed by atoms with Crippen LogP contribution in [0.3, 0.4) is 0 Å². The van der Waals surface area contributed by atoms with Crippen molar-refractivity contribution in [2.75, 3.05) is 0 Å². The van der Waals surface area contributed by atoms with Crippen LogP contribution in [0.25, 0.3) is 0 Å². The van der Waals surface area contributed by atoms with Crippen molar-refractivity contribution in [2.24, 2.45) is 0 Å². The van der Waals surface area contributed by atoms with E-state index in [1.807, 2.05) is 0 Å². The fourth-order valence-corrected chi connectivity index (χ4v) is 7.12. The van der Waals surface area contributed by atoms with Crippen molar-refractivity contribution in [1.29, 1.82) is 0 Å². The van der Waals surface area contributed by atoms with Crippen molar-refractivity contribution in [3.63, 3.8) is 0 Å². The molecule has 0 saturated heterocycles. The van der Waals surface area contributed by atoms with E-state index in [2.05, 4.69) is 77.0 Å². The third-order valence-electron chi connectivity index (χ3n) is 3.69. The van der Waals surface area contributed by atoms with Gasteiger partial charge in [-0.2, -0.15) is 0 Å². The van der Waals surface area contributed by atoms with Gasteiger partial charge in [-0.1, -0.05) is 0 Å². The molecule has 0 aromatic rings. The predicted molar refractivity (Wildman–Crippen MR) is 90.6 cm³/mol. The van der Waals surface area contributed by atoms with E-state index in [1.54, 1.807) is 0 Å². The van der Waals surface area contributed by atoms with E-state index in [0.29, 0.717) is 50.1 Å². The molecule has 1 aliphatic heterocycles. The fraction of sp³-hybridized carbons (Fsp3) is 0.857. The molecular weight excluding hydrogens is 297 g/mol. The van der Waals surface area contributed by atoms with Crippen LogP contribution in [0.5, 0.6) is 0 Å². The second-order valence-electron chi connectivity index (χ2n) is 6.57. The molecule has 1 aliphatic rings. The summed E-state index contributed by atoms with van der Waals surface area (Å²) >= 11 is 0.614. The Kier molecular flexibility index (Phi) is 6.72. The van der Waals surface area contributed by atoms with Crippen LogP contribution >= 0.6 is 0 Å². The van der Waals surface area contributed by atoms with Crippen LogP contribution in [0.4, 0.5) is 0 Å². The maximum atomic E-state index is 2.66. The van der Waals surface area contributed by atoms with Gasteiger partial charge in [-0.15, -0.1) is 0 Å². The second kappa shape index (κ2) is 7.36. The SMILES string of the molecule is CC(C)N(B1C=CB(N(C(C)C)C(C)C)[Se]1)C(C)C. The molecule has 0 bridgehead atoms. The van der Waals surface area contributed by atoms with Gasteiger partial charge in [-0.3, -0.25) is 0 Å². The molecule has 0 aliphatic carbocycles. The zero-order chi connectivity index (χ0) is 14.7. The van der Waals surface area contributed by atoms with E-state index in [1.165, 1.54) is 0 Å². The zero-order valence-corrected chi connectivity index (χ0v) is 15.6. The van der Waals surface area contributed by atoms with Gasteiger partial charge >= 0.3 is 127 Å². The molecule has 2 nitrogen and oxygen atoms in total. The first-order valence-electron chi connectivity index (χ1n) is 7.64. The Labute approximate surface area is 127 Å². The van der Waals surface area contributed by atoms with E-state index in [-0.39, 0.29) is 0 Å². The monoisotopic (exact) mass is 328 g/mol.